The Kier molecular flexibility index (Phi) is 9.94. The van der Waals surface area contributed by atoms with Crippen LogP contribution >= 0.6 is 35.5 Å². The number of aryl methyl sites for hydroxylation is 1. The van der Waals surface area contributed by atoms with E-state index in [0.29, 0.717) is 0 Å². The molecule has 0 amide bonds. The van der Waals surface area contributed by atoms with Gasteiger partial charge in [-0.25, -0.2) is 4.98 Å². The molecule has 8 nitrogen and oxygen atoms in total. The fourth-order valence-corrected chi connectivity index (χ4v) is 4.80. The van der Waals surface area contributed by atoms with E-state index < -0.39 is 0 Å². The van der Waals surface area contributed by atoms with Gasteiger partial charge >= 0.3 is 0 Å². The summed E-state index contributed by atoms with van der Waals surface area (Å²) in [5.41, 5.74) is 2.64. The van der Waals surface area contributed by atoms with Gasteiger partial charge in [0.1, 0.15) is 5.82 Å². The Balaban J connectivity index is 0.00000289. The van der Waals surface area contributed by atoms with Crippen LogP contribution in [0.4, 0.5) is 5.13 Å². The molecule has 2 aromatic rings. The molecule has 0 unspecified atom stereocenters. The molecule has 3 heterocycles. The third kappa shape index (κ3) is 6.75. The number of nitrogens with zero attached hydrogens (tertiary/aromatic N) is 6. The summed E-state index contributed by atoms with van der Waals surface area (Å²) < 4.78 is 9.87. The molecular weight excluding hydrogens is 537 g/mol. The van der Waals surface area contributed by atoms with Crippen molar-refractivity contribution in [3.63, 3.8) is 0 Å². The van der Waals surface area contributed by atoms with Crippen molar-refractivity contribution in [3.8, 4) is 0 Å². The summed E-state index contributed by atoms with van der Waals surface area (Å²) in [7, 11) is 1.86. The van der Waals surface area contributed by atoms with Gasteiger partial charge in [0.05, 0.1) is 13.2 Å². The van der Waals surface area contributed by atoms with Crippen LogP contribution in [0.3, 0.4) is 0 Å². The van der Waals surface area contributed by atoms with E-state index >= 15 is 0 Å². The molecule has 1 aromatic heterocycles. The molecular formula is C22H34IN7OS. The number of nitrogens with one attached hydrogen (secondary N) is 1. The van der Waals surface area contributed by atoms with Crippen LogP contribution in [0.25, 0.3) is 0 Å². The summed E-state index contributed by atoms with van der Waals surface area (Å²) in [5.74, 6) is 1.90. The van der Waals surface area contributed by atoms with Crippen LogP contribution in [-0.2, 0) is 24.2 Å². The van der Waals surface area contributed by atoms with Gasteiger partial charge in [0.25, 0.3) is 0 Å². The Hall–Kier alpha value is -1.50. The Morgan fingerprint density at radius 3 is 2.56 bits per heavy atom. The molecule has 2 aliphatic rings. The topological polar surface area (TPSA) is 69.1 Å². The van der Waals surface area contributed by atoms with Crippen LogP contribution in [-0.4, -0.2) is 84.6 Å². The van der Waals surface area contributed by atoms with Gasteiger partial charge < -0.3 is 19.9 Å². The highest BCUT2D eigenvalue weighted by Gasteiger charge is 2.22. The number of aromatic nitrogens is 2. The maximum atomic E-state index is 5.46. The fraction of sp³-hybridized carbons (Fsp3) is 0.591. The van der Waals surface area contributed by atoms with Crippen LogP contribution in [0, 0.1) is 0 Å². The molecule has 0 atom stereocenters. The molecule has 4 rings (SSSR count). The first-order valence-electron chi connectivity index (χ1n) is 11.2. The Morgan fingerprint density at radius 1 is 1.12 bits per heavy atom. The number of rotatable bonds is 6. The zero-order chi connectivity index (χ0) is 21.5. The minimum absolute atomic E-state index is 0. The molecule has 2 saturated heterocycles. The number of morpholine rings is 1. The van der Waals surface area contributed by atoms with E-state index in [-0.39, 0.29) is 24.0 Å². The third-order valence-electron chi connectivity index (χ3n) is 5.79. The van der Waals surface area contributed by atoms with Crippen LogP contribution < -0.4 is 10.2 Å². The molecule has 1 N–H and O–H groups in total. The van der Waals surface area contributed by atoms with Gasteiger partial charge in [-0.05, 0) is 11.1 Å². The van der Waals surface area contributed by atoms with Gasteiger partial charge in [0.15, 0.2) is 5.96 Å². The highest BCUT2D eigenvalue weighted by molar-refractivity contribution is 14.0. The second-order valence-electron chi connectivity index (χ2n) is 7.93. The molecule has 10 heteroatoms. The lowest BCUT2D eigenvalue weighted by Crippen LogP contribution is -2.52. The van der Waals surface area contributed by atoms with Gasteiger partial charge in [0, 0.05) is 77.4 Å². The number of piperazine rings is 1. The lowest BCUT2D eigenvalue weighted by molar-refractivity contribution is 0.0342. The predicted octanol–water partition coefficient (Wildman–Crippen LogP) is 2.45. The lowest BCUT2D eigenvalue weighted by Gasteiger charge is -2.36. The highest BCUT2D eigenvalue weighted by Crippen LogP contribution is 2.19. The minimum atomic E-state index is 0. The van der Waals surface area contributed by atoms with Crippen molar-refractivity contribution in [2.75, 3.05) is 64.4 Å². The maximum absolute atomic E-state index is 5.46. The molecule has 0 saturated carbocycles. The number of aliphatic imine (C=N–C) groups is 1. The minimum Gasteiger partial charge on any atom is -0.379 e. The number of anilines is 1. The number of hydrogen-bond donors (Lipinski definition) is 1. The summed E-state index contributed by atoms with van der Waals surface area (Å²) in [6.45, 7) is 11.3. The Bertz CT molecular complexity index is 863. The van der Waals surface area contributed by atoms with Gasteiger partial charge in [0.2, 0.25) is 5.13 Å². The van der Waals surface area contributed by atoms with Gasteiger partial charge in [-0.3, -0.25) is 9.89 Å². The summed E-state index contributed by atoms with van der Waals surface area (Å²) in [6.07, 6.45) is 0.890. The van der Waals surface area contributed by atoms with Crippen molar-refractivity contribution in [2.45, 2.75) is 26.4 Å². The van der Waals surface area contributed by atoms with Gasteiger partial charge in [-0.1, -0.05) is 31.2 Å². The standard InChI is InChI=1S/C22H33N7OS.HI/c1-3-20-25-22(31-26-20)29-9-7-28(8-10-29)21(23-2)24-16-18-5-4-6-19(15-18)17-27-11-13-30-14-12-27;/h4-6,15H,3,7-14,16-17H2,1-2H3,(H,23,24);1H. The first kappa shape index (κ1) is 25.1. The van der Waals surface area contributed by atoms with Crippen molar-refractivity contribution >= 4 is 46.6 Å². The normalized spacial score (nSPS) is 17.9. The monoisotopic (exact) mass is 571 g/mol. The third-order valence-corrected chi connectivity index (χ3v) is 6.60. The molecule has 2 aliphatic heterocycles. The van der Waals surface area contributed by atoms with Crippen molar-refractivity contribution in [1.82, 2.24) is 24.5 Å². The largest absolute Gasteiger partial charge is 0.379 e. The number of guanidine groups is 1. The van der Waals surface area contributed by atoms with E-state index in [4.69, 9.17) is 4.74 Å². The number of halogens is 1. The molecule has 0 spiro atoms. The fourth-order valence-electron chi connectivity index (χ4n) is 4.00. The molecule has 32 heavy (non-hydrogen) atoms. The molecule has 0 radical (unpaired) electrons. The quantitative estimate of drug-likeness (QED) is 0.325. The lowest BCUT2D eigenvalue weighted by atomic mass is 10.1. The second-order valence-corrected chi connectivity index (χ2v) is 8.66. The average molecular weight is 572 g/mol. The van der Waals surface area contributed by atoms with E-state index in [0.717, 1.165) is 88.9 Å². The zero-order valence-corrected chi connectivity index (χ0v) is 22.1. The van der Waals surface area contributed by atoms with Crippen LogP contribution in [0.2, 0.25) is 0 Å². The molecule has 0 aliphatic carbocycles. The van der Waals surface area contributed by atoms with E-state index in [1.54, 1.807) is 0 Å². The first-order chi connectivity index (χ1) is 15.2. The summed E-state index contributed by atoms with van der Waals surface area (Å²) in [6, 6.07) is 8.85. The van der Waals surface area contributed by atoms with E-state index in [2.05, 4.69) is 65.6 Å². The second kappa shape index (κ2) is 12.7. The van der Waals surface area contributed by atoms with E-state index in [9.17, 15) is 0 Å². The zero-order valence-electron chi connectivity index (χ0n) is 19.0. The Labute approximate surface area is 212 Å². The first-order valence-corrected chi connectivity index (χ1v) is 11.9. The van der Waals surface area contributed by atoms with Gasteiger partial charge in [-0.15, -0.1) is 24.0 Å². The maximum Gasteiger partial charge on any atom is 0.205 e. The van der Waals surface area contributed by atoms with Crippen molar-refractivity contribution < 1.29 is 4.74 Å². The Morgan fingerprint density at radius 2 is 1.88 bits per heavy atom. The highest BCUT2D eigenvalue weighted by atomic mass is 127. The molecule has 176 valence electrons. The van der Waals surface area contributed by atoms with Crippen molar-refractivity contribution in [2.24, 2.45) is 4.99 Å². The summed E-state index contributed by atoms with van der Waals surface area (Å²) >= 11 is 1.51. The number of ether oxygens (including phenoxy) is 1. The van der Waals surface area contributed by atoms with Crippen LogP contribution in [0.1, 0.15) is 23.9 Å². The summed E-state index contributed by atoms with van der Waals surface area (Å²) in [4.78, 5) is 16.3. The smallest absolute Gasteiger partial charge is 0.205 e. The SMILES string of the molecule is CCc1nsc(N2CCN(C(=NC)NCc3cccc(CN4CCOCC4)c3)CC2)n1.I. The molecule has 0 bridgehead atoms. The average Bonchev–Trinajstić information content (AvgIpc) is 3.30. The molecule has 2 fully saturated rings. The molecule has 1 aromatic carbocycles. The number of benzene rings is 1. The van der Waals surface area contributed by atoms with E-state index in [1.165, 1.54) is 22.7 Å². The van der Waals surface area contributed by atoms with Crippen molar-refractivity contribution in [1.29, 1.82) is 0 Å². The van der Waals surface area contributed by atoms with Crippen LogP contribution in [0.15, 0.2) is 29.3 Å². The van der Waals surface area contributed by atoms with E-state index in [1.807, 2.05) is 7.05 Å². The van der Waals surface area contributed by atoms with Crippen LogP contribution in [0.5, 0.6) is 0 Å². The predicted molar refractivity (Wildman–Crippen MR) is 141 cm³/mol. The number of hydrogen-bond acceptors (Lipinski definition) is 7. The van der Waals surface area contributed by atoms with Crippen molar-refractivity contribution in [3.05, 3.63) is 41.2 Å². The van der Waals surface area contributed by atoms with Gasteiger partial charge in [-0.2, -0.15) is 4.37 Å². The summed E-state index contributed by atoms with van der Waals surface area (Å²) in [5, 5.41) is 4.59.